The number of aliphatic hydroxyl groups excluding tert-OH is 1. The molecule has 1 aromatic rings. The molecule has 25 heavy (non-hydrogen) atoms. The Bertz CT molecular complexity index is 580. The lowest BCUT2D eigenvalue weighted by Crippen LogP contribution is -2.43. The Hall–Kier alpha value is -1.63. The van der Waals surface area contributed by atoms with Crippen LogP contribution in [0.4, 0.5) is 0 Å². The Morgan fingerprint density at radius 2 is 2.08 bits per heavy atom. The van der Waals surface area contributed by atoms with Crippen LogP contribution in [0.25, 0.3) is 0 Å². The number of ether oxygens (including phenoxy) is 1. The Morgan fingerprint density at radius 1 is 1.36 bits per heavy atom. The molecule has 0 saturated heterocycles. The Kier molecular flexibility index (Phi) is 9.49. The molecule has 2 unspecified atom stereocenters. The minimum Gasteiger partial charge on any atom is -0.466 e. The van der Waals surface area contributed by atoms with E-state index in [1.807, 2.05) is 25.1 Å². The van der Waals surface area contributed by atoms with E-state index in [-0.39, 0.29) is 11.9 Å². The number of benzene rings is 1. The van der Waals surface area contributed by atoms with E-state index in [4.69, 9.17) is 27.2 Å². The van der Waals surface area contributed by atoms with Crippen LogP contribution in [-0.4, -0.2) is 42.8 Å². The van der Waals surface area contributed by atoms with Gasteiger partial charge in [-0.25, -0.2) is 0 Å². The molecule has 6 nitrogen and oxygen atoms in total. The molecular weight excluding hydrogens is 344 g/mol. The number of hydrogen-bond donors (Lipinski definition) is 3. The van der Waals surface area contributed by atoms with Crippen molar-refractivity contribution in [1.29, 1.82) is 0 Å². The zero-order valence-corrected chi connectivity index (χ0v) is 15.5. The zero-order valence-electron chi connectivity index (χ0n) is 14.8. The SMILES string of the molecule is CC(=O)OCC(CCNC(=O)C(N)CO)CCc1cccc(C)c1Cl. The first-order valence-electron chi connectivity index (χ1n) is 8.36. The number of amides is 1. The second-order valence-corrected chi connectivity index (χ2v) is 6.50. The summed E-state index contributed by atoms with van der Waals surface area (Å²) in [6, 6.07) is 4.99. The van der Waals surface area contributed by atoms with Crippen LogP contribution in [0.3, 0.4) is 0 Å². The number of aliphatic hydroxyl groups is 1. The van der Waals surface area contributed by atoms with Gasteiger partial charge in [0.25, 0.3) is 0 Å². The molecule has 7 heteroatoms. The molecule has 0 spiro atoms. The van der Waals surface area contributed by atoms with Gasteiger partial charge in [0.1, 0.15) is 6.04 Å². The van der Waals surface area contributed by atoms with Crippen molar-refractivity contribution in [2.45, 2.75) is 39.2 Å². The Morgan fingerprint density at radius 3 is 2.72 bits per heavy atom. The van der Waals surface area contributed by atoms with Crippen LogP contribution in [0.15, 0.2) is 18.2 Å². The summed E-state index contributed by atoms with van der Waals surface area (Å²) >= 11 is 6.32. The number of carbonyl (C=O) groups excluding carboxylic acids is 2. The van der Waals surface area contributed by atoms with Gasteiger partial charge in [-0.1, -0.05) is 29.8 Å². The van der Waals surface area contributed by atoms with Gasteiger partial charge in [0, 0.05) is 18.5 Å². The van der Waals surface area contributed by atoms with E-state index in [2.05, 4.69) is 5.32 Å². The third-order valence-corrected chi connectivity index (χ3v) is 4.54. The molecular formula is C18H27ClN2O4. The average Bonchev–Trinajstić information content (AvgIpc) is 2.58. The average molecular weight is 371 g/mol. The lowest BCUT2D eigenvalue weighted by molar-refractivity contribution is -0.142. The number of nitrogens with two attached hydrogens (primary N) is 1. The molecule has 1 aromatic carbocycles. The third kappa shape index (κ3) is 7.86. The molecule has 2 atom stereocenters. The fourth-order valence-electron chi connectivity index (χ4n) is 2.42. The molecule has 140 valence electrons. The summed E-state index contributed by atoms with van der Waals surface area (Å²) in [7, 11) is 0. The largest absolute Gasteiger partial charge is 0.466 e. The molecule has 0 radical (unpaired) electrons. The number of rotatable bonds is 10. The molecule has 4 N–H and O–H groups in total. The lowest BCUT2D eigenvalue weighted by atomic mass is 9.96. The minimum absolute atomic E-state index is 0.0890. The third-order valence-electron chi connectivity index (χ3n) is 4.00. The molecule has 0 fully saturated rings. The molecule has 1 amide bonds. The highest BCUT2D eigenvalue weighted by atomic mass is 35.5. The van der Waals surface area contributed by atoms with Crippen LogP contribution in [0.5, 0.6) is 0 Å². The second-order valence-electron chi connectivity index (χ2n) is 6.12. The summed E-state index contributed by atoms with van der Waals surface area (Å²) in [5.41, 5.74) is 7.54. The molecule has 0 aliphatic heterocycles. The first kappa shape index (κ1) is 21.4. The predicted octanol–water partition coefficient (Wildman–Crippen LogP) is 1.59. The highest BCUT2D eigenvalue weighted by molar-refractivity contribution is 6.32. The van der Waals surface area contributed by atoms with Crippen LogP contribution in [0.1, 0.15) is 30.9 Å². The van der Waals surface area contributed by atoms with Crippen LogP contribution in [0.2, 0.25) is 5.02 Å². The highest BCUT2D eigenvalue weighted by Gasteiger charge is 2.15. The standard InChI is InChI=1S/C18H27ClN2O4/c1-12-4-3-5-15(17(12)19)7-6-14(11-25-13(2)23)8-9-21-18(24)16(20)10-22/h3-5,14,16,22H,6-11,20H2,1-2H3,(H,21,24). The summed E-state index contributed by atoms with van der Waals surface area (Å²) in [6.45, 7) is 3.63. The van der Waals surface area contributed by atoms with Crippen molar-refractivity contribution in [3.8, 4) is 0 Å². The Balaban J connectivity index is 2.56. The van der Waals surface area contributed by atoms with Crippen molar-refractivity contribution in [2.75, 3.05) is 19.8 Å². The number of hydrogen-bond acceptors (Lipinski definition) is 5. The fourth-order valence-corrected chi connectivity index (χ4v) is 2.64. The second kappa shape index (κ2) is 11.1. The van der Waals surface area contributed by atoms with Crippen molar-refractivity contribution in [3.63, 3.8) is 0 Å². The summed E-state index contributed by atoms with van der Waals surface area (Å²) in [4.78, 5) is 22.7. The van der Waals surface area contributed by atoms with Crippen LogP contribution in [0, 0.1) is 12.8 Å². The van der Waals surface area contributed by atoms with E-state index in [1.54, 1.807) is 0 Å². The minimum atomic E-state index is -0.918. The van der Waals surface area contributed by atoms with Crippen molar-refractivity contribution in [2.24, 2.45) is 11.7 Å². The van der Waals surface area contributed by atoms with E-state index in [0.717, 1.165) is 29.0 Å². The van der Waals surface area contributed by atoms with E-state index >= 15 is 0 Å². The van der Waals surface area contributed by atoms with Crippen molar-refractivity contribution < 1.29 is 19.4 Å². The van der Waals surface area contributed by atoms with E-state index < -0.39 is 18.6 Å². The first-order chi connectivity index (χ1) is 11.8. The molecule has 0 heterocycles. The first-order valence-corrected chi connectivity index (χ1v) is 8.74. The summed E-state index contributed by atoms with van der Waals surface area (Å²) in [5.74, 6) is -0.633. The lowest BCUT2D eigenvalue weighted by Gasteiger charge is -2.18. The zero-order chi connectivity index (χ0) is 18.8. The molecule has 0 aliphatic carbocycles. The van der Waals surface area contributed by atoms with Crippen molar-refractivity contribution in [1.82, 2.24) is 5.32 Å². The maximum Gasteiger partial charge on any atom is 0.302 e. The van der Waals surface area contributed by atoms with Gasteiger partial charge in [0.2, 0.25) is 5.91 Å². The van der Waals surface area contributed by atoms with Gasteiger partial charge in [-0.2, -0.15) is 0 Å². The Labute approximate surface area is 153 Å². The summed E-state index contributed by atoms with van der Waals surface area (Å²) in [6.07, 6.45) is 2.18. The monoisotopic (exact) mass is 370 g/mol. The number of aryl methyl sites for hydroxylation is 2. The van der Waals surface area contributed by atoms with Crippen LogP contribution < -0.4 is 11.1 Å². The molecule has 0 aliphatic rings. The predicted molar refractivity (Wildman–Crippen MR) is 97.3 cm³/mol. The molecule has 0 bridgehead atoms. The number of carbonyl (C=O) groups is 2. The van der Waals surface area contributed by atoms with Gasteiger partial charge in [0.05, 0.1) is 13.2 Å². The molecule has 0 saturated carbocycles. The van der Waals surface area contributed by atoms with E-state index in [9.17, 15) is 9.59 Å². The normalized spacial score (nSPS) is 13.2. The van der Waals surface area contributed by atoms with Crippen LogP contribution in [-0.2, 0) is 20.7 Å². The fraction of sp³-hybridized carbons (Fsp3) is 0.556. The van der Waals surface area contributed by atoms with Gasteiger partial charge in [0.15, 0.2) is 0 Å². The number of nitrogens with one attached hydrogen (secondary N) is 1. The maximum absolute atomic E-state index is 11.6. The quantitative estimate of drug-likeness (QED) is 0.543. The smallest absolute Gasteiger partial charge is 0.302 e. The van der Waals surface area contributed by atoms with Gasteiger partial charge in [-0.3, -0.25) is 9.59 Å². The van der Waals surface area contributed by atoms with Crippen molar-refractivity contribution in [3.05, 3.63) is 34.3 Å². The topological polar surface area (TPSA) is 102 Å². The molecule has 0 aromatic heterocycles. The summed E-state index contributed by atoms with van der Waals surface area (Å²) < 4.78 is 5.12. The van der Waals surface area contributed by atoms with Gasteiger partial charge >= 0.3 is 5.97 Å². The molecule has 1 rings (SSSR count). The van der Waals surface area contributed by atoms with Gasteiger partial charge in [-0.15, -0.1) is 0 Å². The highest BCUT2D eigenvalue weighted by Crippen LogP contribution is 2.23. The van der Waals surface area contributed by atoms with Crippen molar-refractivity contribution >= 4 is 23.5 Å². The van der Waals surface area contributed by atoms with Gasteiger partial charge in [-0.05, 0) is 43.2 Å². The van der Waals surface area contributed by atoms with E-state index in [0.29, 0.717) is 19.6 Å². The van der Waals surface area contributed by atoms with E-state index in [1.165, 1.54) is 6.92 Å². The number of esters is 1. The maximum atomic E-state index is 11.6. The van der Waals surface area contributed by atoms with Crippen LogP contribution >= 0.6 is 11.6 Å². The van der Waals surface area contributed by atoms with Gasteiger partial charge < -0.3 is 20.9 Å². The summed E-state index contributed by atoms with van der Waals surface area (Å²) in [5, 5.41) is 12.3. The number of halogens is 1.